The molecule has 0 aliphatic heterocycles. The van der Waals surface area contributed by atoms with Crippen molar-refractivity contribution in [2.45, 2.75) is 20.3 Å². The lowest BCUT2D eigenvalue weighted by Crippen LogP contribution is -1.99. The van der Waals surface area contributed by atoms with Crippen molar-refractivity contribution in [1.29, 1.82) is 0 Å². The van der Waals surface area contributed by atoms with E-state index in [1.165, 1.54) is 5.56 Å². The fourth-order valence-electron chi connectivity index (χ4n) is 1.79. The van der Waals surface area contributed by atoms with Crippen molar-refractivity contribution in [3.8, 4) is 0 Å². The Balaban J connectivity index is 2.94. The zero-order valence-corrected chi connectivity index (χ0v) is 8.33. The largest absolute Gasteiger partial charge is 0.423 e. The Hall–Kier alpha value is -1.57. The van der Waals surface area contributed by atoms with Gasteiger partial charge in [0, 0.05) is 11.5 Å². The molecule has 72 valence electrons. The van der Waals surface area contributed by atoms with Crippen molar-refractivity contribution in [3.05, 3.63) is 45.8 Å². The third-order valence-corrected chi connectivity index (χ3v) is 2.43. The second-order valence-corrected chi connectivity index (χ2v) is 3.39. The summed E-state index contributed by atoms with van der Waals surface area (Å²) in [7, 11) is 0. The van der Waals surface area contributed by atoms with Gasteiger partial charge in [0.2, 0.25) is 0 Å². The quantitative estimate of drug-likeness (QED) is 0.644. The average Bonchev–Trinajstić information content (AvgIpc) is 2.16. The van der Waals surface area contributed by atoms with Gasteiger partial charge in [-0.05, 0) is 30.5 Å². The Kier molecular flexibility index (Phi) is 2.12. The number of hydrogen-bond donors (Lipinski definition) is 0. The maximum Gasteiger partial charge on any atom is 0.336 e. The summed E-state index contributed by atoms with van der Waals surface area (Å²) in [6, 6.07) is 7.36. The van der Waals surface area contributed by atoms with Gasteiger partial charge < -0.3 is 4.42 Å². The van der Waals surface area contributed by atoms with Gasteiger partial charge in [0.1, 0.15) is 5.58 Å². The minimum Gasteiger partial charge on any atom is -0.423 e. The number of benzene rings is 1. The molecule has 0 saturated carbocycles. The van der Waals surface area contributed by atoms with Crippen LogP contribution in [0, 0.1) is 6.92 Å². The van der Waals surface area contributed by atoms with Crippen LogP contribution in [0.15, 0.2) is 33.5 Å². The molecule has 0 fully saturated rings. The summed E-state index contributed by atoms with van der Waals surface area (Å²) in [5.74, 6) is 0. The fraction of sp³-hybridized carbons (Fsp3) is 0.250. The molecule has 1 aromatic heterocycles. The van der Waals surface area contributed by atoms with Gasteiger partial charge in [0.25, 0.3) is 0 Å². The summed E-state index contributed by atoms with van der Waals surface area (Å²) in [5, 5.41) is 1.08. The maximum absolute atomic E-state index is 11.1. The van der Waals surface area contributed by atoms with E-state index in [9.17, 15) is 4.79 Å². The molecule has 1 heterocycles. The van der Waals surface area contributed by atoms with Crippen LogP contribution in [-0.2, 0) is 6.42 Å². The highest BCUT2D eigenvalue weighted by atomic mass is 16.4. The highest BCUT2D eigenvalue weighted by molar-refractivity contribution is 5.83. The molecule has 2 aromatic rings. The first-order valence-corrected chi connectivity index (χ1v) is 4.74. The minimum absolute atomic E-state index is 0.275. The predicted octanol–water partition coefficient (Wildman–Crippen LogP) is 2.66. The SMILES string of the molecule is CCc1cccc2oc(=O)cc(C)c12. The lowest BCUT2D eigenvalue weighted by Gasteiger charge is -2.04. The number of aryl methyl sites for hydroxylation is 2. The summed E-state index contributed by atoms with van der Waals surface area (Å²) in [6.07, 6.45) is 0.950. The second kappa shape index (κ2) is 3.29. The molecule has 14 heavy (non-hydrogen) atoms. The van der Waals surface area contributed by atoms with E-state index in [4.69, 9.17) is 4.42 Å². The first kappa shape index (κ1) is 9.00. The van der Waals surface area contributed by atoms with Gasteiger partial charge in [-0.1, -0.05) is 19.1 Å². The van der Waals surface area contributed by atoms with Crippen LogP contribution in [0.2, 0.25) is 0 Å². The first-order valence-electron chi connectivity index (χ1n) is 4.74. The summed E-state index contributed by atoms with van der Waals surface area (Å²) >= 11 is 0. The van der Waals surface area contributed by atoms with Gasteiger partial charge in [-0.3, -0.25) is 0 Å². The lowest BCUT2D eigenvalue weighted by atomic mass is 10.0. The Bertz CT molecular complexity index is 523. The van der Waals surface area contributed by atoms with Crippen LogP contribution in [0.3, 0.4) is 0 Å². The van der Waals surface area contributed by atoms with Crippen LogP contribution in [-0.4, -0.2) is 0 Å². The monoisotopic (exact) mass is 188 g/mol. The Labute approximate surface area is 82.2 Å². The molecule has 0 atom stereocenters. The van der Waals surface area contributed by atoms with Crippen LogP contribution >= 0.6 is 0 Å². The van der Waals surface area contributed by atoms with Gasteiger partial charge >= 0.3 is 5.63 Å². The van der Waals surface area contributed by atoms with Crippen molar-refractivity contribution in [1.82, 2.24) is 0 Å². The number of hydrogen-bond acceptors (Lipinski definition) is 2. The first-order chi connectivity index (χ1) is 6.72. The van der Waals surface area contributed by atoms with Gasteiger partial charge in [0.05, 0.1) is 0 Å². The molecule has 0 N–H and O–H groups in total. The van der Waals surface area contributed by atoms with Gasteiger partial charge in [-0.25, -0.2) is 4.79 Å². The van der Waals surface area contributed by atoms with E-state index in [1.807, 2.05) is 19.1 Å². The fourth-order valence-corrected chi connectivity index (χ4v) is 1.79. The molecule has 2 rings (SSSR count). The second-order valence-electron chi connectivity index (χ2n) is 3.39. The van der Waals surface area contributed by atoms with E-state index in [0.717, 1.165) is 17.4 Å². The zero-order valence-electron chi connectivity index (χ0n) is 8.33. The van der Waals surface area contributed by atoms with E-state index < -0.39 is 0 Å². The lowest BCUT2D eigenvalue weighted by molar-refractivity contribution is 0.559. The molecular weight excluding hydrogens is 176 g/mol. The summed E-state index contributed by atoms with van der Waals surface area (Å²) in [4.78, 5) is 11.1. The van der Waals surface area contributed by atoms with Gasteiger partial charge in [-0.15, -0.1) is 0 Å². The zero-order chi connectivity index (χ0) is 10.1. The Morgan fingerprint density at radius 2 is 2.14 bits per heavy atom. The van der Waals surface area contributed by atoms with E-state index in [-0.39, 0.29) is 5.63 Å². The number of fused-ring (bicyclic) bond motifs is 1. The van der Waals surface area contributed by atoms with Crippen LogP contribution in [0.5, 0.6) is 0 Å². The molecule has 0 spiro atoms. The van der Waals surface area contributed by atoms with Crippen molar-refractivity contribution in [2.24, 2.45) is 0 Å². The third kappa shape index (κ3) is 1.33. The molecule has 2 nitrogen and oxygen atoms in total. The Morgan fingerprint density at radius 1 is 1.36 bits per heavy atom. The average molecular weight is 188 g/mol. The minimum atomic E-state index is -0.275. The van der Waals surface area contributed by atoms with E-state index in [1.54, 1.807) is 6.07 Å². The molecule has 1 aromatic carbocycles. The topological polar surface area (TPSA) is 30.2 Å². The normalized spacial score (nSPS) is 10.7. The molecule has 0 unspecified atom stereocenters. The molecular formula is C12H12O2. The number of rotatable bonds is 1. The van der Waals surface area contributed by atoms with Gasteiger partial charge in [0.15, 0.2) is 0 Å². The van der Waals surface area contributed by atoms with Crippen LogP contribution < -0.4 is 5.63 Å². The van der Waals surface area contributed by atoms with Crippen molar-refractivity contribution in [2.75, 3.05) is 0 Å². The molecule has 0 amide bonds. The van der Waals surface area contributed by atoms with Crippen LogP contribution in [0.25, 0.3) is 11.0 Å². The highest BCUT2D eigenvalue weighted by Crippen LogP contribution is 2.21. The smallest absolute Gasteiger partial charge is 0.336 e. The van der Waals surface area contributed by atoms with Crippen LogP contribution in [0.1, 0.15) is 18.1 Å². The van der Waals surface area contributed by atoms with Crippen LogP contribution in [0.4, 0.5) is 0 Å². The highest BCUT2D eigenvalue weighted by Gasteiger charge is 2.04. The molecule has 0 saturated heterocycles. The summed E-state index contributed by atoms with van der Waals surface area (Å²) < 4.78 is 5.13. The summed E-state index contributed by atoms with van der Waals surface area (Å²) in [6.45, 7) is 4.04. The molecule has 0 bridgehead atoms. The van der Waals surface area contributed by atoms with Crippen molar-refractivity contribution < 1.29 is 4.42 Å². The van der Waals surface area contributed by atoms with E-state index in [2.05, 4.69) is 13.0 Å². The molecule has 0 aliphatic carbocycles. The van der Waals surface area contributed by atoms with E-state index in [0.29, 0.717) is 5.58 Å². The van der Waals surface area contributed by atoms with Crippen molar-refractivity contribution in [3.63, 3.8) is 0 Å². The third-order valence-electron chi connectivity index (χ3n) is 2.43. The molecule has 2 heteroatoms. The maximum atomic E-state index is 11.1. The summed E-state index contributed by atoms with van der Waals surface area (Å²) in [5.41, 5.74) is 2.63. The predicted molar refractivity (Wildman–Crippen MR) is 56.6 cm³/mol. The van der Waals surface area contributed by atoms with Crippen molar-refractivity contribution >= 4 is 11.0 Å². The van der Waals surface area contributed by atoms with E-state index >= 15 is 0 Å². The van der Waals surface area contributed by atoms with Gasteiger partial charge in [-0.2, -0.15) is 0 Å². The Morgan fingerprint density at radius 3 is 2.86 bits per heavy atom. The standard InChI is InChI=1S/C12H12O2/c1-3-9-5-4-6-10-12(9)8(2)7-11(13)14-10/h4-7H,3H2,1-2H3. The molecule has 0 radical (unpaired) electrons. The molecule has 0 aliphatic rings.